The van der Waals surface area contributed by atoms with E-state index in [9.17, 15) is 117 Å². The predicted octanol–water partition coefficient (Wildman–Crippen LogP) is -16.3. The standard InChI is InChI=1S/C42H72O36/c43-1-8-15(47)22(54)27(59)36(69-8)66-6-13-20(52)34(76-39-29(61)23(55)16(48)9(2-44)70-39)32(64)38(74-13)68-5-12-19(51)26(58)28(60)37(73-12)67-7-14-21(53)35(77-40-30(62)24(56)17(49)10(3-45)71-40)33(65)42(75-14)78-41-31(63)25(57)18(50)11(4-46)72-41/h8-65H,1-7H2/t8-,9-,10-,11-,12-,13-,14-,15-,16-,17-,18-,19-,20-,21-,22+,23+,24+,25+,26+,27-,28-,29-,30-,31-,32-,33-,34+,35+,36-,37-,38-,39+,40+,41+,42+/m1/s1. The first kappa shape index (κ1) is 64.1. The van der Waals surface area contributed by atoms with Crippen molar-refractivity contribution >= 4 is 0 Å². The van der Waals surface area contributed by atoms with Gasteiger partial charge in [-0.05, 0) is 0 Å². The third-order valence-electron chi connectivity index (χ3n) is 14.5. The molecular formula is C42H72O36. The first-order valence-electron chi connectivity index (χ1n) is 24.6. The molecule has 0 bridgehead atoms. The molecule has 456 valence electrons. The first-order valence-corrected chi connectivity index (χ1v) is 24.6. The Hall–Kier alpha value is -1.44. The normalized spacial score (nSPS) is 53.5. The highest BCUT2D eigenvalue weighted by Gasteiger charge is 2.56. The van der Waals surface area contributed by atoms with Crippen LogP contribution in [0.4, 0.5) is 0 Å². The highest BCUT2D eigenvalue weighted by atomic mass is 16.8. The Kier molecular flexibility index (Phi) is 22.6. The van der Waals surface area contributed by atoms with Crippen LogP contribution < -0.4 is 0 Å². The largest absolute Gasteiger partial charge is 0.394 e. The molecule has 7 heterocycles. The van der Waals surface area contributed by atoms with Crippen LogP contribution in [0.25, 0.3) is 0 Å². The van der Waals surface area contributed by atoms with Crippen molar-refractivity contribution in [1.82, 2.24) is 0 Å². The van der Waals surface area contributed by atoms with Crippen molar-refractivity contribution < 1.29 is 179 Å². The number of aliphatic hydroxyl groups is 23. The number of ether oxygens (including phenoxy) is 13. The fraction of sp³-hybridized carbons (Fsp3) is 1.00. The van der Waals surface area contributed by atoms with Crippen LogP contribution in [0.3, 0.4) is 0 Å². The van der Waals surface area contributed by atoms with Crippen molar-refractivity contribution in [3.63, 3.8) is 0 Å². The van der Waals surface area contributed by atoms with E-state index in [0.717, 1.165) is 0 Å². The van der Waals surface area contributed by atoms with E-state index in [2.05, 4.69) is 0 Å². The smallest absolute Gasteiger partial charge is 0.189 e. The molecule has 7 saturated heterocycles. The number of hydrogen-bond donors (Lipinski definition) is 23. The molecule has 0 radical (unpaired) electrons. The second-order valence-corrected chi connectivity index (χ2v) is 19.7. The monoisotopic (exact) mass is 1150 g/mol. The minimum atomic E-state index is -2.22. The number of hydrogen-bond acceptors (Lipinski definition) is 36. The lowest BCUT2D eigenvalue weighted by molar-refractivity contribution is -0.397. The summed E-state index contributed by atoms with van der Waals surface area (Å²) in [4.78, 5) is 0. The van der Waals surface area contributed by atoms with Crippen LogP contribution in [0.5, 0.6) is 0 Å². The maximum Gasteiger partial charge on any atom is 0.189 e. The van der Waals surface area contributed by atoms with Crippen molar-refractivity contribution in [3.8, 4) is 0 Å². The van der Waals surface area contributed by atoms with Gasteiger partial charge in [-0.25, -0.2) is 0 Å². The molecule has 0 aromatic carbocycles. The molecule has 35 atom stereocenters. The van der Waals surface area contributed by atoms with Crippen LogP contribution in [-0.4, -0.2) is 379 Å². The maximum atomic E-state index is 11.6. The molecule has 7 aliphatic rings. The predicted molar refractivity (Wildman–Crippen MR) is 232 cm³/mol. The van der Waals surface area contributed by atoms with Gasteiger partial charge >= 0.3 is 0 Å². The Labute approximate surface area is 439 Å². The summed E-state index contributed by atoms with van der Waals surface area (Å²) in [5, 5.41) is 243. The summed E-state index contributed by atoms with van der Waals surface area (Å²) in [5.74, 6) is 0. The number of rotatable bonds is 19. The van der Waals surface area contributed by atoms with Crippen LogP contribution >= 0.6 is 0 Å². The van der Waals surface area contributed by atoms with E-state index < -0.39 is 261 Å². The van der Waals surface area contributed by atoms with E-state index >= 15 is 0 Å². The van der Waals surface area contributed by atoms with E-state index in [4.69, 9.17) is 61.6 Å². The van der Waals surface area contributed by atoms with Gasteiger partial charge in [0.05, 0.1) is 46.2 Å². The lowest BCUT2D eigenvalue weighted by Gasteiger charge is -2.48. The Morgan fingerprint density at radius 3 is 0.731 bits per heavy atom. The third kappa shape index (κ3) is 13.4. The molecule has 36 nitrogen and oxygen atoms in total. The summed E-state index contributed by atoms with van der Waals surface area (Å²) in [6.07, 6.45) is -68.2. The molecule has 7 aliphatic heterocycles. The Bertz CT molecular complexity index is 1810. The van der Waals surface area contributed by atoms with Crippen molar-refractivity contribution in [2.45, 2.75) is 215 Å². The zero-order chi connectivity index (χ0) is 57.3. The summed E-state index contributed by atoms with van der Waals surface area (Å²) in [7, 11) is 0. The Balaban J connectivity index is 1.07. The molecule has 7 rings (SSSR count). The average Bonchev–Trinajstić information content (AvgIpc) is 3.46. The Morgan fingerprint density at radius 1 is 0.205 bits per heavy atom. The molecule has 7 fully saturated rings. The van der Waals surface area contributed by atoms with E-state index in [0.29, 0.717) is 0 Å². The first-order chi connectivity index (χ1) is 36.9. The van der Waals surface area contributed by atoms with Crippen LogP contribution in [0, 0.1) is 0 Å². The van der Waals surface area contributed by atoms with Gasteiger partial charge in [0.1, 0.15) is 171 Å². The maximum absolute atomic E-state index is 11.6. The van der Waals surface area contributed by atoms with Gasteiger partial charge in [-0.3, -0.25) is 0 Å². The zero-order valence-electron chi connectivity index (χ0n) is 40.8. The third-order valence-corrected chi connectivity index (χ3v) is 14.5. The van der Waals surface area contributed by atoms with E-state index in [1.54, 1.807) is 0 Å². The highest BCUT2D eigenvalue weighted by Crippen LogP contribution is 2.35. The topological polar surface area (TPSA) is 585 Å². The minimum absolute atomic E-state index is 0.856. The van der Waals surface area contributed by atoms with Crippen molar-refractivity contribution in [3.05, 3.63) is 0 Å². The van der Waals surface area contributed by atoms with Crippen LogP contribution in [0.2, 0.25) is 0 Å². The number of aliphatic hydroxyl groups excluding tert-OH is 23. The molecule has 0 aliphatic carbocycles. The second kappa shape index (κ2) is 27.5. The van der Waals surface area contributed by atoms with Crippen molar-refractivity contribution in [2.24, 2.45) is 0 Å². The van der Waals surface area contributed by atoms with Gasteiger partial charge < -0.3 is 179 Å². The summed E-state index contributed by atoms with van der Waals surface area (Å²) in [6.45, 7) is -6.41. The fourth-order valence-corrected chi connectivity index (χ4v) is 9.60. The summed E-state index contributed by atoms with van der Waals surface area (Å²) >= 11 is 0. The summed E-state index contributed by atoms with van der Waals surface area (Å²) < 4.78 is 72.5. The summed E-state index contributed by atoms with van der Waals surface area (Å²) in [5.41, 5.74) is 0. The van der Waals surface area contributed by atoms with Crippen molar-refractivity contribution in [1.29, 1.82) is 0 Å². The van der Waals surface area contributed by atoms with Gasteiger partial charge in [-0.15, -0.1) is 0 Å². The SMILES string of the molecule is OC[C@H]1O[C@@H](OC[C@H]2O[C@@H](OC[C@H]3O[C@@H](OC[C@H]4O[C@@H](O[C@@H]5O[C@H](CO)[C@@H](O)[C@H](O)[C@H]5O)[C@H](O)[C@@H](O[C@@H]5O[C@H](CO)[C@@H](O)[C@H](O)[C@H]5O)[C@@H]4O)[C@H](O)[C@@H](O)[C@@H]3O)[C@H](O)[C@@H](O[C@@H]3O[C@H](CO)[C@@H](O)[C@H](O)[C@H]3O)[C@@H]2O)[C@H](O)[C@@H](O)[C@@H]1O. The van der Waals surface area contributed by atoms with Crippen LogP contribution in [0.15, 0.2) is 0 Å². The minimum Gasteiger partial charge on any atom is -0.394 e. The molecule has 0 saturated carbocycles. The van der Waals surface area contributed by atoms with Gasteiger partial charge in [0.15, 0.2) is 44.0 Å². The lowest BCUT2D eigenvalue weighted by atomic mass is 9.96. The molecule has 36 heteroatoms. The molecule has 78 heavy (non-hydrogen) atoms. The molecule has 0 aromatic rings. The second-order valence-electron chi connectivity index (χ2n) is 19.7. The van der Waals surface area contributed by atoms with Gasteiger partial charge in [0.25, 0.3) is 0 Å². The van der Waals surface area contributed by atoms with E-state index in [1.165, 1.54) is 0 Å². The quantitative estimate of drug-likeness (QED) is 0.0571. The zero-order valence-corrected chi connectivity index (χ0v) is 40.8. The molecule has 0 spiro atoms. The van der Waals surface area contributed by atoms with Crippen LogP contribution in [0.1, 0.15) is 0 Å². The van der Waals surface area contributed by atoms with Gasteiger partial charge in [-0.1, -0.05) is 0 Å². The van der Waals surface area contributed by atoms with Gasteiger partial charge in [-0.2, -0.15) is 0 Å². The molecular weight excluding hydrogens is 1080 g/mol. The highest BCUT2D eigenvalue weighted by molar-refractivity contribution is 4.99. The van der Waals surface area contributed by atoms with Crippen molar-refractivity contribution in [2.75, 3.05) is 46.2 Å². The van der Waals surface area contributed by atoms with Gasteiger partial charge in [0.2, 0.25) is 0 Å². The summed E-state index contributed by atoms with van der Waals surface area (Å²) in [6, 6.07) is 0. The van der Waals surface area contributed by atoms with E-state index in [-0.39, 0.29) is 0 Å². The van der Waals surface area contributed by atoms with E-state index in [1.807, 2.05) is 0 Å². The molecule has 0 aromatic heterocycles. The van der Waals surface area contributed by atoms with Crippen LogP contribution in [-0.2, 0) is 61.6 Å². The van der Waals surface area contributed by atoms with Gasteiger partial charge in [0, 0.05) is 0 Å². The molecule has 0 unspecified atom stereocenters. The fourth-order valence-electron chi connectivity index (χ4n) is 9.60. The average molecular weight is 1150 g/mol. The molecule has 0 amide bonds. The lowest BCUT2D eigenvalue weighted by Crippen LogP contribution is -2.66. The Morgan fingerprint density at radius 2 is 0.410 bits per heavy atom. The molecule has 23 N–H and O–H groups in total.